The Bertz CT molecular complexity index is 552. The Kier molecular flexibility index (Phi) is 26.3. The van der Waals surface area contributed by atoms with E-state index < -0.39 is 5.97 Å². The number of amides is 1. The van der Waals surface area contributed by atoms with Crippen LogP contribution in [-0.4, -0.2) is 35.6 Å². The lowest BCUT2D eigenvalue weighted by Crippen LogP contribution is -2.28. The summed E-state index contributed by atoms with van der Waals surface area (Å²) in [6.07, 6.45) is 26.5. The molecule has 0 aliphatic rings. The summed E-state index contributed by atoms with van der Waals surface area (Å²) < 4.78 is 5.90. The summed E-state index contributed by atoms with van der Waals surface area (Å²) in [5, 5.41) is 11.0. The fourth-order valence-corrected chi connectivity index (χ4v) is 4.69. The Balaban J connectivity index is 4.07. The molecule has 6 nitrogen and oxygen atoms in total. The van der Waals surface area contributed by atoms with Gasteiger partial charge in [0.15, 0.2) is 0 Å². The van der Waals surface area contributed by atoms with Gasteiger partial charge in [-0.15, -0.1) is 0 Å². The van der Waals surface area contributed by atoms with E-state index in [1.165, 1.54) is 83.5 Å². The van der Waals surface area contributed by atoms with Crippen LogP contribution in [0.5, 0.6) is 0 Å². The molecule has 37 heavy (non-hydrogen) atoms. The number of aliphatic carboxylic acids is 1. The van der Waals surface area contributed by atoms with Gasteiger partial charge in [0, 0.05) is 12.8 Å². The fourth-order valence-electron chi connectivity index (χ4n) is 4.69. The first-order chi connectivity index (χ1) is 18.0. The number of carbonyl (C=O) groups excluding carboxylic acids is 2. The second kappa shape index (κ2) is 27.4. The highest BCUT2D eigenvalue weighted by molar-refractivity contribution is 5.80. The van der Waals surface area contributed by atoms with Crippen molar-refractivity contribution < 1.29 is 24.2 Å². The molecule has 218 valence electrons. The molecule has 0 spiro atoms. The van der Waals surface area contributed by atoms with Crippen LogP contribution in [0, 0.1) is 0 Å². The van der Waals surface area contributed by atoms with Gasteiger partial charge in [-0.05, 0) is 38.5 Å². The summed E-state index contributed by atoms with van der Waals surface area (Å²) in [6, 6.07) is 0. The summed E-state index contributed by atoms with van der Waals surface area (Å²) in [5.74, 6) is -1.26. The van der Waals surface area contributed by atoms with Gasteiger partial charge in [-0.2, -0.15) is 0 Å². The number of carbonyl (C=O) groups is 3. The van der Waals surface area contributed by atoms with Crippen molar-refractivity contribution >= 4 is 17.8 Å². The number of nitrogens with one attached hydrogen (secondary N) is 1. The van der Waals surface area contributed by atoms with Crippen molar-refractivity contribution in [2.24, 2.45) is 0 Å². The van der Waals surface area contributed by atoms with Crippen LogP contribution in [0.1, 0.15) is 168 Å². The van der Waals surface area contributed by atoms with Crippen LogP contribution in [0.4, 0.5) is 0 Å². The standard InChI is InChI=1S/C31H59NO5/c1-3-5-7-9-11-12-13-14-16-22-26-31(36)37-28(23-19-15-10-8-6-4-2)24-20-17-18-21-25-29(33)32-27-30(34)35/h28H,3-27H2,1-2H3,(H,32,33)(H,34,35). The maximum atomic E-state index is 12.5. The van der Waals surface area contributed by atoms with Crippen LogP contribution in [0.15, 0.2) is 0 Å². The van der Waals surface area contributed by atoms with Crippen LogP contribution >= 0.6 is 0 Å². The molecule has 0 aromatic carbocycles. The van der Waals surface area contributed by atoms with E-state index in [4.69, 9.17) is 9.84 Å². The van der Waals surface area contributed by atoms with Gasteiger partial charge in [-0.1, -0.05) is 117 Å². The fraction of sp³-hybridized carbons (Fsp3) is 0.903. The number of hydrogen-bond donors (Lipinski definition) is 2. The third-order valence-electron chi connectivity index (χ3n) is 7.03. The number of esters is 1. The average Bonchev–Trinajstić information content (AvgIpc) is 2.87. The van der Waals surface area contributed by atoms with Crippen molar-refractivity contribution in [1.29, 1.82) is 0 Å². The molecule has 1 atom stereocenters. The molecule has 0 aliphatic carbocycles. The van der Waals surface area contributed by atoms with Gasteiger partial charge in [0.2, 0.25) is 5.91 Å². The highest BCUT2D eigenvalue weighted by Gasteiger charge is 2.14. The van der Waals surface area contributed by atoms with Crippen molar-refractivity contribution in [1.82, 2.24) is 5.32 Å². The van der Waals surface area contributed by atoms with E-state index in [0.29, 0.717) is 12.8 Å². The van der Waals surface area contributed by atoms with Gasteiger partial charge in [-0.25, -0.2) is 0 Å². The van der Waals surface area contributed by atoms with Crippen LogP contribution in [0.2, 0.25) is 0 Å². The van der Waals surface area contributed by atoms with Crippen molar-refractivity contribution in [3.63, 3.8) is 0 Å². The highest BCUT2D eigenvalue weighted by Crippen LogP contribution is 2.18. The zero-order valence-corrected chi connectivity index (χ0v) is 24.3. The van der Waals surface area contributed by atoms with E-state index >= 15 is 0 Å². The van der Waals surface area contributed by atoms with Crippen LogP contribution < -0.4 is 5.32 Å². The molecule has 0 bridgehead atoms. The number of carboxylic acid groups (broad SMARTS) is 1. The predicted molar refractivity (Wildman–Crippen MR) is 153 cm³/mol. The Morgan fingerprint density at radius 3 is 1.46 bits per heavy atom. The number of hydrogen-bond acceptors (Lipinski definition) is 4. The van der Waals surface area contributed by atoms with E-state index in [9.17, 15) is 14.4 Å². The number of ether oxygens (including phenoxy) is 1. The molecule has 0 aromatic rings. The quantitative estimate of drug-likeness (QED) is 0.0789. The Morgan fingerprint density at radius 2 is 1.00 bits per heavy atom. The summed E-state index contributed by atoms with van der Waals surface area (Å²) in [6.45, 7) is 4.16. The van der Waals surface area contributed by atoms with Gasteiger partial charge in [-0.3, -0.25) is 14.4 Å². The SMILES string of the molecule is CCCCCCCCCCCCC(=O)OC(CCCCCCCC)CCCCCCC(=O)NCC(=O)O. The number of unbranched alkanes of at least 4 members (excludes halogenated alkanes) is 17. The summed E-state index contributed by atoms with van der Waals surface area (Å²) in [5.41, 5.74) is 0. The monoisotopic (exact) mass is 525 g/mol. The lowest BCUT2D eigenvalue weighted by Gasteiger charge is -2.18. The summed E-state index contributed by atoms with van der Waals surface area (Å²) >= 11 is 0. The van der Waals surface area contributed by atoms with Crippen molar-refractivity contribution in [3.8, 4) is 0 Å². The van der Waals surface area contributed by atoms with Gasteiger partial charge >= 0.3 is 11.9 Å². The molecule has 0 heterocycles. The molecular weight excluding hydrogens is 466 g/mol. The lowest BCUT2D eigenvalue weighted by atomic mass is 10.0. The molecule has 1 amide bonds. The van der Waals surface area contributed by atoms with Gasteiger partial charge in [0.25, 0.3) is 0 Å². The molecule has 0 saturated heterocycles. The highest BCUT2D eigenvalue weighted by atomic mass is 16.5. The Labute approximate surface area is 228 Å². The molecule has 0 rings (SSSR count). The minimum Gasteiger partial charge on any atom is -0.480 e. The Morgan fingerprint density at radius 1 is 0.595 bits per heavy atom. The van der Waals surface area contributed by atoms with E-state index in [1.54, 1.807) is 0 Å². The summed E-state index contributed by atoms with van der Waals surface area (Å²) in [4.78, 5) is 34.6. The number of rotatable bonds is 28. The third kappa shape index (κ3) is 27.3. The smallest absolute Gasteiger partial charge is 0.322 e. The molecule has 6 heteroatoms. The molecule has 0 saturated carbocycles. The van der Waals surface area contributed by atoms with E-state index in [-0.39, 0.29) is 24.5 Å². The molecule has 0 fully saturated rings. The predicted octanol–water partition coefficient (Wildman–Crippen LogP) is 8.50. The zero-order chi connectivity index (χ0) is 27.4. The van der Waals surface area contributed by atoms with Crippen LogP contribution in [0.25, 0.3) is 0 Å². The second-order valence-electron chi connectivity index (χ2n) is 10.7. The maximum absolute atomic E-state index is 12.5. The van der Waals surface area contributed by atoms with Crippen LogP contribution in [-0.2, 0) is 19.1 Å². The molecule has 0 radical (unpaired) electrons. The minimum absolute atomic E-state index is 0.0145. The third-order valence-corrected chi connectivity index (χ3v) is 7.03. The minimum atomic E-state index is -1.02. The maximum Gasteiger partial charge on any atom is 0.322 e. The average molecular weight is 526 g/mol. The first kappa shape index (κ1) is 35.4. The number of carboxylic acids is 1. The van der Waals surface area contributed by atoms with E-state index in [2.05, 4.69) is 19.2 Å². The molecule has 2 N–H and O–H groups in total. The first-order valence-electron chi connectivity index (χ1n) is 15.7. The van der Waals surface area contributed by atoms with Crippen molar-refractivity contribution in [2.45, 2.75) is 174 Å². The molecule has 1 unspecified atom stereocenters. The van der Waals surface area contributed by atoms with Gasteiger partial charge in [0.1, 0.15) is 12.6 Å². The molecular formula is C31H59NO5. The van der Waals surface area contributed by atoms with Gasteiger partial charge in [0.05, 0.1) is 0 Å². The largest absolute Gasteiger partial charge is 0.480 e. The second-order valence-corrected chi connectivity index (χ2v) is 10.7. The van der Waals surface area contributed by atoms with Crippen molar-refractivity contribution in [3.05, 3.63) is 0 Å². The van der Waals surface area contributed by atoms with Crippen molar-refractivity contribution in [2.75, 3.05) is 6.54 Å². The normalized spacial score (nSPS) is 11.8. The molecule has 0 aliphatic heterocycles. The first-order valence-corrected chi connectivity index (χ1v) is 15.7. The van der Waals surface area contributed by atoms with E-state index in [1.807, 2.05) is 0 Å². The topological polar surface area (TPSA) is 92.7 Å². The summed E-state index contributed by atoms with van der Waals surface area (Å²) in [7, 11) is 0. The van der Waals surface area contributed by atoms with Crippen LogP contribution in [0.3, 0.4) is 0 Å². The van der Waals surface area contributed by atoms with Gasteiger partial charge < -0.3 is 15.2 Å². The molecule has 0 aromatic heterocycles. The van der Waals surface area contributed by atoms with E-state index in [0.717, 1.165) is 57.8 Å². The Hall–Kier alpha value is -1.59. The lowest BCUT2D eigenvalue weighted by molar-refractivity contribution is -0.150. The zero-order valence-electron chi connectivity index (χ0n) is 24.3.